The lowest BCUT2D eigenvalue weighted by atomic mass is 10.1. The summed E-state index contributed by atoms with van der Waals surface area (Å²) in [5.41, 5.74) is 2.97. The first-order valence-electron chi connectivity index (χ1n) is 3.74. The topological polar surface area (TPSA) is 49.0 Å². The van der Waals surface area contributed by atoms with Gasteiger partial charge in [-0.1, -0.05) is 9.24 Å². The van der Waals surface area contributed by atoms with Crippen molar-refractivity contribution in [3.8, 4) is 0 Å². The van der Waals surface area contributed by atoms with Crippen LogP contribution in [0.1, 0.15) is 11.3 Å². The van der Waals surface area contributed by atoms with Crippen molar-refractivity contribution in [2.75, 3.05) is 7.05 Å². The molecule has 0 aromatic carbocycles. The van der Waals surface area contributed by atoms with E-state index in [9.17, 15) is 4.79 Å². The zero-order chi connectivity index (χ0) is 8.72. The van der Waals surface area contributed by atoms with E-state index in [2.05, 4.69) is 19.4 Å². The Balaban J connectivity index is 2.43. The molecule has 1 aromatic heterocycles. The second kappa shape index (κ2) is 2.56. The summed E-state index contributed by atoms with van der Waals surface area (Å²) < 4.78 is 0. The second-order valence-electron chi connectivity index (χ2n) is 2.99. The molecule has 4 nitrogen and oxygen atoms in total. The van der Waals surface area contributed by atoms with Crippen molar-refractivity contribution in [3.63, 3.8) is 0 Å². The highest BCUT2D eigenvalue weighted by Crippen LogP contribution is 2.15. The van der Waals surface area contributed by atoms with Crippen LogP contribution >= 0.6 is 9.24 Å². The fraction of sp³-hybridized carbons (Fsp3) is 0.429. The summed E-state index contributed by atoms with van der Waals surface area (Å²) in [5, 5.41) is 6.94. The molecular weight excluding hydrogens is 173 g/mol. The minimum atomic E-state index is 0.160. The third-order valence-corrected chi connectivity index (χ3v) is 2.61. The molecular formula is C7H10N3OP. The molecule has 0 fully saturated rings. The van der Waals surface area contributed by atoms with Gasteiger partial charge in [0.2, 0.25) is 5.91 Å². The van der Waals surface area contributed by atoms with Crippen LogP contribution in [0.25, 0.3) is 0 Å². The minimum Gasteiger partial charge on any atom is -0.340 e. The standard InChI is InChI=1S/C7H10N3OP/c1-10-3-5-4(2-6(10)11)7(12)9-8-5/h2-3,12H2,1H3,(H,8,9). The third-order valence-electron chi connectivity index (χ3n) is 2.13. The number of rotatable bonds is 0. The van der Waals surface area contributed by atoms with E-state index in [1.165, 1.54) is 0 Å². The predicted molar refractivity (Wildman–Crippen MR) is 48.1 cm³/mol. The Morgan fingerprint density at radius 1 is 1.67 bits per heavy atom. The number of carbonyl (C=O) groups is 1. The summed E-state index contributed by atoms with van der Waals surface area (Å²) in [7, 11) is 4.33. The Labute approximate surface area is 72.5 Å². The molecule has 64 valence electrons. The zero-order valence-electron chi connectivity index (χ0n) is 6.79. The molecule has 1 amide bonds. The summed E-state index contributed by atoms with van der Waals surface area (Å²) in [6, 6.07) is 0. The van der Waals surface area contributed by atoms with Crippen LogP contribution in [0.4, 0.5) is 0 Å². The van der Waals surface area contributed by atoms with E-state index >= 15 is 0 Å². The number of likely N-dealkylation sites (N-methyl/N-ethyl adjacent to an activating group) is 1. The third kappa shape index (κ3) is 1.03. The van der Waals surface area contributed by atoms with Crippen molar-refractivity contribution in [2.45, 2.75) is 13.0 Å². The largest absolute Gasteiger partial charge is 0.340 e. The highest BCUT2D eigenvalue weighted by Gasteiger charge is 2.23. The summed E-state index contributed by atoms with van der Waals surface area (Å²) >= 11 is 0. The molecule has 1 aliphatic rings. The normalized spacial score (nSPS) is 16.5. The van der Waals surface area contributed by atoms with Crippen molar-refractivity contribution in [3.05, 3.63) is 11.3 Å². The molecule has 1 unspecified atom stereocenters. The highest BCUT2D eigenvalue weighted by molar-refractivity contribution is 7.27. The Hall–Kier alpha value is -0.890. The molecule has 0 saturated heterocycles. The van der Waals surface area contributed by atoms with Gasteiger partial charge in [-0.05, 0) is 0 Å². The van der Waals surface area contributed by atoms with E-state index in [0.717, 1.165) is 16.7 Å². The summed E-state index contributed by atoms with van der Waals surface area (Å²) in [6.45, 7) is 0.648. The van der Waals surface area contributed by atoms with Crippen LogP contribution < -0.4 is 5.44 Å². The quantitative estimate of drug-likeness (QED) is 0.547. The van der Waals surface area contributed by atoms with Gasteiger partial charge >= 0.3 is 0 Å². The number of fused-ring (bicyclic) bond motifs is 1. The molecule has 1 aromatic rings. The van der Waals surface area contributed by atoms with Gasteiger partial charge in [0.25, 0.3) is 0 Å². The number of hydrogen-bond acceptors (Lipinski definition) is 2. The molecule has 0 radical (unpaired) electrons. The molecule has 12 heavy (non-hydrogen) atoms. The second-order valence-corrected chi connectivity index (χ2v) is 3.54. The zero-order valence-corrected chi connectivity index (χ0v) is 7.95. The van der Waals surface area contributed by atoms with Crippen LogP contribution in [0.2, 0.25) is 0 Å². The minimum absolute atomic E-state index is 0.160. The Bertz CT molecular complexity index is 333. The van der Waals surface area contributed by atoms with Crippen molar-refractivity contribution >= 4 is 20.6 Å². The first-order chi connectivity index (χ1) is 5.68. The highest BCUT2D eigenvalue weighted by atomic mass is 31.0. The van der Waals surface area contributed by atoms with Gasteiger partial charge in [-0.2, -0.15) is 5.10 Å². The van der Waals surface area contributed by atoms with Crippen LogP contribution in [0.15, 0.2) is 0 Å². The Morgan fingerprint density at radius 2 is 2.42 bits per heavy atom. The molecule has 5 heteroatoms. The molecule has 0 bridgehead atoms. The van der Waals surface area contributed by atoms with Gasteiger partial charge in [-0.25, -0.2) is 0 Å². The maximum Gasteiger partial charge on any atom is 0.227 e. The number of amides is 1. The van der Waals surface area contributed by atoms with Crippen molar-refractivity contribution < 1.29 is 4.79 Å². The van der Waals surface area contributed by atoms with Gasteiger partial charge in [0, 0.05) is 12.6 Å². The van der Waals surface area contributed by atoms with Gasteiger partial charge in [-0.3, -0.25) is 9.89 Å². The Kier molecular flexibility index (Phi) is 1.65. The lowest BCUT2D eigenvalue weighted by Gasteiger charge is -2.21. The molecule has 0 aliphatic carbocycles. The molecule has 0 saturated carbocycles. The van der Waals surface area contributed by atoms with Crippen LogP contribution in [-0.2, 0) is 17.8 Å². The van der Waals surface area contributed by atoms with Crippen molar-refractivity contribution in [1.82, 2.24) is 15.1 Å². The molecule has 1 aliphatic heterocycles. The van der Waals surface area contributed by atoms with E-state index in [0.29, 0.717) is 13.0 Å². The first kappa shape index (κ1) is 7.74. The lowest BCUT2D eigenvalue weighted by molar-refractivity contribution is -0.130. The average Bonchev–Trinajstić information content (AvgIpc) is 2.35. The van der Waals surface area contributed by atoms with Gasteiger partial charge in [0.15, 0.2) is 0 Å². The molecule has 0 spiro atoms. The van der Waals surface area contributed by atoms with Crippen LogP contribution in [-0.4, -0.2) is 28.1 Å². The van der Waals surface area contributed by atoms with E-state index in [-0.39, 0.29) is 5.91 Å². The number of nitrogens with one attached hydrogen (secondary N) is 1. The summed E-state index contributed by atoms with van der Waals surface area (Å²) in [5.74, 6) is 0.160. The average molecular weight is 183 g/mol. The molecule has 2 heterocycles. The number of hydrogen-bond donors (Lipinski definition) is 1. The van der Waals surface area contributed by atoms with E-state index in [4.69, 9.17) is 0 Å². The fourth-order valence-electron chi connectivity index (χ4n) is 1.36. The smallest absolute Gasteiger partial charge is 0.227 e. The number of carbonyl (C=O) groups excluding carboxylic acids is 1. The van der Waals surface area contributed by atoms with E-state index in [1.54, 1.807) is 11.9 Å². The number of nitrogens with zero attached hydrogens (tertiary/aromatic N) is 2. The van der Waals surface area contributed by atoms with E-state index in [1.807, 2.05) is 0 Å². The monoisotopic (exact) mass is 183 g/mol. The Morgan fingerprint density at radius 3 is 3.17 bits per heavy atom. The number of aromatic amines is 1. The molecule has 1 N–H and O–H groups in total. The summed E-state index contributed by atoms with van der Waals surface area (Å²) in [4.78, 5) is 13.0. The summed E-state index contributed by atoms with van der Waals surface area (Å²) in [6.07, 6.45) is 0.473. The van der Waals surface area contributed by atoms with Crippen LogP contribution in [0.3, 0.4) is 0 Å². The molecule has 1 atom stereocenters. The predicted octanol–water partition coefficient (Wildman–Crippen LogP) is -0.575. The van der Waals surface area contributed by atoms with Crippen molar-refractivity contribution in [2.24, 2.45) is 0 Å². The number of H-pyrrole nitrogens is 1. The van der Waals surface area contributed by atoms with Crippen LogP contribution in [0, 0.1) is 0 Å². The van der Waals surface area contributed by atoms with Crippen LogP contribution in [0.5, 0.6) is 0 Å². The number of aromatic nitrogens is 2. The van der Waals surface area contributed by atoms with Gasteiger partial charge in [0.1, 0.15) is 0 Å². The maximum atomic E-state index is 11.3. The van der Waals surface area contributed by atoms with Crippen molar-refractivity contribution in [1.29, 1.82) is 0 Å². The lowest BCUT2D eigenvalue weighted by Crippen LogP contribution is -2.33. The van der Waals surface area contributed by atoms with Gasteiger partial charge in [0.05, 0.1) is 24.1 Å². The maximum absolute atomic E-state index is 11.3. The van der Waals surface area contributed by atoms with Gasteiger partial charge < -0.3 is 4.90 Å². The SMILES string of the molecule is CN1Cc2[nH]nc(P)c2CC1=O. The van der Waals surface area contributed by atoms with Gasteiger partial charge in [-0.15, -0.1) is 0 Å². The molecule has 2 rings (SSSR count). The fourth-order valence-corrected chi connectivity index (χ4v) is 1.70. The van der Waals surface area contributed by atoms with E-state index < -0.39 is 0 Å². The first-order valence-corrected chi connectivity index (χ1v) is 4.32.